The molecule has 0 aliphatic heterocycles. The van der Waals surface area contributed by atoms with E-state index in [9.17, 15) is 0 Å². The number of aliphatic hydroxyl groups is 1. The number of unbranched alkanes of at least 4 members (excludes halogenated alkanes) is 4. The lowest BCUT2D eigenvalue weighted by Gasteiger charge is -2.39. The summed E-state index contributed by atoms with van der Waals surface area (Å²) in [5.41, 5.74) is 0. The first-order valence-electron chi connectivity index (χ1n) is 11.4. The van der Waals surface area contributed by atoms with Gasteiger partial charge in [0, 0.05) is 0 Å². The molecule has 0 radical (unpaired) electrons. The lowest BCUT2D eigenvalue weighted by molar-refractivity contribution is -0.929. The molecule has 0 amide bonds. The molecule has 0 rings (SSSR count). The second kappa shape index (κ2) is 19.9. The van der Waals surface area contributed by atoms with Crippen LogP contribution >= 0.6 is 7.82 Å². The molecule has 29 heavy (non-hydrogen) atoms. The minimum Gasteiger partial charge on any atom is -0.391 e. The number of hydrogen-bond acceptors (Lipinski definition) is 2. The van der Waals surface area contributed by atoms with Crippen molar-refractivity contribution in [1.29, 1.82) is 0 Å². The SMILES string of the molecule is CCCC[N+](CCCC)(CCCC)CCCC.C[N+](C)(C)CCO.O=P(O)(O)O. The third kappa shape index (κ3) is 32.9. The maximum atomic E-state index is 8.88. The Morgan fingerprint density at radius 2 is 0.862 bits per heavy atom. The lowest BCUT2D eigenvalue weighted by atomic mass is 10.1. The summed E-state index contributed by atoms with van der Waals surface area (Å²) < 4.78 is 11.1. The van der Waals surface area contributed by atoms with E-state index < -0.39 is 7.82 Å². The second-order valence-corrected chi connectivity index (χ2v) is 9.93. The van der Waals surface area contributed by atoms with Gasteiger partial charge in [-0.3, -0.25) is 0 Å². The fourth-order valence-corrected chi connectivity index (χ4v) is 2.94. The quantitative estimate of drug-likeness (QED) is 0.242. The molecule has 0 saturated carbocycles. The van der Waals surface area contributed by atoms with Crippen molar-refractivity contribution in [3.8, 4) is 0 Å². The Labute approximate surface area is 181 Å². The summed E-state index contributed by atoms with van der Waals surface area (Å²) in [7, 11) is 1.52. The maximum Gasteiger partial charge on any atom is 0.466 e. The fourth-order valence-electron chi connectivity index (χ4n) is 2.94. The van der Waals surface area contributed by atoms with E-state index in [0.717, 1.165) is 11.0 Å². The highest BCUT2D eigenvalue weighted by atomic mass is 31.2. The van der Waals surface area contributed by atoms with Gasteiger partial charge in [0.15, 0.2) is 0 Å². The number of quaternary nitrogens is 2. The van der Waals surface area contributed by atoms with Crippen LogP contribution in [0.2, 0.25) is 0 Å². The van der Waals surface area contributed by atoms with Crippen LogP contribution in [0, 0.1) is 0 Å². The van der Waals surface area contributed by atoms with Gasteiger partial charge in [0.25, 0.3) is 0 Å². The molecule has 0 aromatic rings. The monoisotopic (exact) mass is 444 g/mol. The molecule has 0 aromatic carbocycles. The van der Waals surface area contributed by atoms with Crippen LogP contribution in [0.25, 0.3) is 0 Å². The molecule has 7 nitrogen and oxygen atoms in total. The largest absolute Gasteiger partial charge is 0.466 e. The standard InChI is InChI=1S/C16H36N.C5H14NO.H3O4P/c1-5-9-13-17(14-10-6-2,15-11-7-3)16-12-8-4;1-6(2,3)4-5-7;1-5(2,3)4/h5-16H2,1-4H3;7H,4-5H2,1-3H3;(H3,1,2,3,4)/q2*+1;. The summed E-state index contributed by atoms with van der Waals surface area (Å²) in [5.74, 6) is 0. The van der Waals surface area contributed by atoms with Crippen LogP contribution in [-0.4, -0.2) is 89.2 Å². The van der Waals surface area contributed by atoms with E-state index in [1.807, 2.05) is 0 Å². The number of hydrogen-bond donors (Lipinski definition) is 4. The van der Waals surface area contributed by atoms with Crippen molar-refractivity contribution in [2.24, 2.45) is 0 Å². The maximum absolute atomic E-state index is 8.88. The van der Waals surface area contributed by atoms with Crippen LogP contribution < -0.4 is 0 Å². The zero-order chi connectivity index (χ0) is 23.4. The zero-order valence-electron chi connectivity index (χ0n) is 20.4. The second-order valence-electron chi connectivity index (χ2n) is 8.90. The van der Waals surface area contributed by atoms with Gasteiger partial charge in [-0.2, -0.15) is 0 Å². The van der Waals surface area contributed by atoms with E-state index in [2.05, 4.69) is 48.8 Å². The predicted molar refractivity (Wildman–Crippen MR) is 124 cm³/mol. The number of aliphatic hydroxyl groups excluding tert-OH is 1. The van der Waals surface area contributed by atoms with Crippen LogP contribution in [0.5, 0.6) is 0 Å². The molecule has 0 unspecified atom stereocenters. The van der Waals surface area contributed by atoms with Gasteiger partial charge < -0.3 is 28.8 Å². The highest BCUT2D eigenvalue weighted by molar-refractivity contribution is 7.45. The predicted octanol–water partition coefficient (Wildman–Crippen LogP) is 3.76. The summed E-state index contributed by atoms with van der Waals surface area (Å²) in [6.45, 7) is 16.1. The molecule has 0 saturated heterocycles. The summed E-state index contributed by atoms with van der Waals surface area (Å²) in [6, 6.07) is 0. The highest BCUT2D eigenvalue weighted by Crippen LogP contribution is 2.25. The average Bonchev–Trinajstić information content (AvgIpc) is 2.58. The van der Waals surface area contributed by atoms with E-state index in [4.69, 9.17) is 24.4 Å². The van der Waals surface area contributed by atoms with E-state index in [-0.39, 0.29) is 6.61 Å². The van der Waals surface area contributed by atoms with Crippen LogP contribution in [0.1, 0.15) is 79.1 Å². The Balaban J connectivity index is -0.000000461. The summed E-state index contributed by atoms with van der Waals surface area (Å²) in [4.78, 5) is 21.6. The Bertz CT molecular complexity index is 338. The molecular formula is C21H53N2O5P+2. The van der Waals surface area contributed by atoms with Gasteiger partial charge in [-0.05, 0) is 25.7 Å². The molecule has 0 fully saturated rings. The summed E-state index contributed by atoms with van der Waals surface area (Å²) in [5, 5.41) is 8.39. The highest BCUT2D eigenvalue weighted by Gasteiger charge is 2.24. The molecule has 0 bridgehead atoms. The normalized spacial score (nSPS) is 12.0. The van der Waals surface area contributed by atoms with Crippen LogP contribution in [0.15, 0.2) is 0 Å². The van der Waals surface area contributed by atoms with E-state index in [1.54, 1.807) is 0 Å². The van der Waals surface area contributed by atoms with E-state index in [1.165, 1.54) is 82.0 Å². The lowest BCUT2D eigenvalue weighted by Crippen LogP contribution is -2.50. The van der Waals surface area contributed by atoms with Gasteiger partial charge in [-0.15, -0.1) is 0 Å². The van der Waals surface area contributed by atoms with Gasteiger partial charge in [0.2, 0.25) is 0 Å². The van der Waals surface area contributed by atoms with Gasteiger partial charge in [0.05, 0.1) is 53.9 Å². The smallest absolute Gasteiger partial charge is 0.391 e. The minimum atomic E-state index is -4.64. The Kier molecular flexibility index (Phi) is 23.1. The minimum absolute atomic E-state index is 0.281. The van der Waals surface area contributed by atoms with Crippen molar-refractivity contribution in [3.05, 3.63) is 0 Å². The summed E-state index contributed by atoms with van der Waals surface area (Å²) >= 11 is 0. The fraction of sp³-hybridized carbons (Fsp3) is 1.00. The van der Waals surface area contributed by atoms with Crippen molar-refractivity contribution in [1.82, 2.24) is 0 Å². The molecular weight excluding hydrogens is 391 g/mol. The third-order valence-electron chi connectivity index (χ3n) is 4.71. The molecule has 180 valence electrons. The van der Waals surface area contributed by atoms with Crippen molar-refractivity contribution >= 4 is 7.82 Å². The number of likely N-dealkylation sites (N-methyl/N-ethyl adjacent to an activating group) is 1. The van der Waals surface area contributed by atoms with Crippen LogP contribution in [-0.2, 0) is 4.57 Å². The van der Waals surface area contributed by atoms with Crippen molar-refractivity contribution in [3.63, 3.8) is 0 Å². The molecule has 8 heteroatoms. The molecule has 4 N–H and O–H groups in total. The van der Waals surface area contributed by atoms with Crippen LogP contribution in [0.4, 0.5) is 0 Å². The zero-order valence-corrected chi connectivity index (χ0v) is 21.3. The molecule has 0 spiro atoms. The number of phosphoric acid groups is 1. The number of rotatable bonds is 14. The van der Waals surface area contributed by atoms with Gasteiger partial charge in [-0.1, -0.05) is 53.4 Å². The van der Waals surface area contributed by atoms with Gasteiger partial charge in [0.1, 0.15) is 6.54 Å². The molecule has 0 atom stereocenters. The van der Waals surface area contributed by atoms with Gasteiger partial charge in [-0.25, -0.2) is 4.57 Å². The number of nitrogens with zero attached hydrogens (tertiary/aromatic N) is 2. The van der Waals surface area contributed by atoms with Crippen LogP contribution in [0.3, 0.4) is 0 Å². The molecule has 0 aliphatic carbocycles. The average molecular weight is 445 g/mol. The third-order valence-corrected chi connectivity index (χ3v) is 4.71. The van der Waals surface area contributed by atoms with Crippen molar-refractivity contribution in [2.75, 3.05) is 60.5 Å². The Morgan fingerprint density at radius 3 is 0.966 bits per heavy atom. The van der Waals surface area contributed by atoms with E-state index in [0.29, 0.717) is 0 Å². The van der Waals surface area contributed by atoms with Crippen molar-refractivity contribution < 1.29 is 33.3 Å². The first-order valence-corrected chi connectivity index (χ1v) is 12.9. The first-order chi connectivity index (χ1) is 13.3. The first kappa shape index (κ1) is 33.6. The molecule has 0 aromatic heterocycles. The Morgan fingerprint density at radius 1 is 0.621 bits per heavy atom. The molecule has 0 aliphatic rings. The van der Waals surface area contributed by atoms with E-state index >= 15 is 0 Å². The van der Waals surface area contributed by atoms with Gasteiger partial charge >= 0.3 is 7.82 Å². The topological polar surface area (TPSA) is 98.0 Å². The Hall–Kier alpha value is -0.0100. The summed E-state index contributed by atoms with van der Waals surface area (Å²) in [6.07, 6.45) is 11.1. The molecule has 0 heterocycles. The van der Waals surface area contributed by atoms with Crippen molar-refractivity contribution in [2.45, 2.75) is 79.1 Å².